The van der Waals surface area contributed by atoms with Crippen molar-refractivity contribution < 1.29 is 0 Å². The fourth-order valence-corrected chi connectivity index (χ4v) is 0.884. The molecule has 0 aromatic heterocycles. The van der Waals surface area contributed by atoms with Crippen LogP contribution < -0.4 is 0 Å². The highest BCUT2D eigenvalue weighted by Crippen LogP contribution is 2.38. The SMILES string of the molecule is CC.CC1(C)CCC1. The van der Waals surface area contributed by atoms with Crippen molar-refractivity contribution in [2.24, 2.45) is 5.41 Å². The summed E-state index contributed by atoms with van der Waals surface area (Å²) in [5.74, 6) is 0. The van der Waals surface area contributed by atoms with Crippen LogP contribution in [0.4, 0.5) is 0 Å². The van der Waals surface area contributed by atoms with Gasteiger partial charge >= 0.3 is 0 Å². The zero-order valence-corrected chi connectivity index (χ0v) is 6.62. The van der Waals surface area contributed by atoms with Crippen LogP contribution in [0.5, 0.6) is 0 Å². The van der Waals surface area contributed by atoms with Crippen molar-refractivity contribution in [2.45, 2.75) is 47.0 Å². The molecule has 8 heavy (non-hydrogen) atoms. The molecule has 0 aromatic carbocycles. The Morgan fingerprint density at radius 3 is 1.25 bits per heavy atom. The summed E-state index contributed by atoms with van der Waals surface area (Å²) < 4.78 is 0. The van der Waals surface area contributed by atoms with Gasteiger partial charge in [-0.2, -0.15) is 0 Å². The monoisotopic (exact) mass is 114 g/mol. The smallest absolute Gasteiger partial charge is 0.0354 e. The van der Waals surface area contributed by atoms with Crippen LogP contribution in [0.3, 0.4) is 0 Å². The molecule has 0 amide bonds. The molecule has 0 N–H and O–H groups in total. The largest absolute Gasteiger partial charge is 0.0683 e. The van der Waals surface area contributed by atoms with Crippen LogP contribution in [0.25, 0.3) is 0 Å². The molecule has 1 aliphatic carbocycles. The highest BCUT2D eigenvalue weighted by Gasteiger charge is 2.24. The predicted molar refractivity (Wildman–Crippen MR) is 39.0 cm³/mol. The Labute approximate surface area is 53.3 Å². The first-order valence-corrected chi connectivity index (χ1v) is 3.71. The van der Waals surface area contributed by atoms with E-state index >= 15 is 0 Å². The summed E-state index contributed by atoms with van der Waals surface area (Å²) in [6, 6.07) is 0. The van der Waals surface area contributed by atoms with Gasteiger partial charge in [-0.15, -0.1) is 0 Å². The Bertz CT molecular complexity index is 47.1. The van der Waals surface area contributed by atoms with Crippen molar-refractivity contribution in [3.8, 4) is 0 Å². The Morgan fingerprint density at radius 1 is 1.00 bits per heavy atom. The third-order valence-corrected chi connectivity index (χ3v) is 1.71. The Kier molecular flexibility index (Phi) is 3.11. The average molecular weight is 114 g/mol. The quantitative estimate of drug-likeness (QED) is 0.453. The third kappa shape index (κ3) is 2.34. The van der Waals surface area contributed by atoms with Gasteiger partial charge in [-0.1, -0.05) is 34.1 Å². The molecule has 0 spiro atoms. The van der Waals surface area contributed by atoms with Crippen molar-refractivity contribution in [3.63, 3.8) is 0 Å². The molecule has 0 unspecified atom stereocenters. The molecule has 0 radical (unpaired) electrons. The first-order valence-electron chi connectivity index (χ1n) is 3.71. The van der Waals surface area contributed by atoms with E-state index in [0.717, 1.165) is 5.41 Å². The van der Waals surface area contributed by atoms with Gasteiger partial charge in [0, 0.05) is 0 Å². The van der Waals surface area contributed by atoms with Gasteiger partial charge < -0.3 is 0 Å². The summed E-state index contributed by atoms with van der Waals surface area (Å²) in [7, 11) is 0. The van der Waals surface area contributed by atoms with Gasteiger partial charge in [0.15, 0.2) is 0 Å². The lowest BCUT2D eigenvalue weighted by molar-refractivity contribution is 0.190. The number of rotatable bonds is 0. The Morgan fingerprint density at radius 2 is 1.25 bits per heavy atom. The summed E-state index contributed by atoms with van der Waals surface area (Å²) in [4.78, 5) is 0. The topological polar surface area (TPSA) is 0 Å². The number of hydrogen-bond donors (Lipinski definition) is 0. The summed E-state index contributed by atoms with van der Waals surface area (Å²) >= 11 is 0. The fourth-order valence-electron chi connectivity index (χ4n) is 0.884. The van der Waals surface area contributed by atoms with E-state index in [9.17, 15) is 0 Å². The van der Waals surface area contributed by atoms with Crippen LogP contribution in [0.2, 0.25) is 0 Å². The molecule has 0 heterocycles. The van der Waals surface area contributed by atoms with Crippen LogP contribution in [0.1, 0.15) is 47.0 Å². The molecule has 1 fully saturated rings. The van der Waals surface area contributed by atoms with Crippen molar-refractivity contribution in [3.05, 3.63) is 0 Å². The summed E-state index contributed by atoms with van der Waals surface area (Å²) in [5, 5.41) is 0. The zero-order valence-electron chi connectivity index (χ0n) is 6.62. The fraction of sp³-hybridized carbons (Fsp3) is 1.00. The summed E-state index contributed by atoms with van der Waals surface area (Å²) in [6.07, 6.45) is 4.37. The molecule has 0 heteroatoms. The molecule has 0 aliphatic heterocycles. The predicted octanol–water partition coefficient (Wildman–Crippen LogP) is 3.22. The van der Waals surface area contributed by atoms with Gasteiger partial charge in [-0.3, -0.25) is 0 Å². The van der Waals surface area contributed by atoms with E-state index in [-0.39, 0.29) is 0 Å². The Balaban J connectivity index is 0.000000222. The minimum atomic E-state index is 0.722. The maximum atomic E-state index is 2.33. The minimum absolute atomic E-state index is 0.722. The van der Waals surface area contributed by atoms with Crippen LogP contribution in [-0.2, 0) is 0 Å². The van der Waals surface area contributed by atoms with Crippen LogP contribution in [-0.4, -0.2) is 0 Å². The third-order valence-electron chi connectivity index (χ3n) is 1.71. The highest BCUT2D eigenvalue weighted by molar-refractivity contribution is 4.77. The molecular formula is C8H18. The first kappa shape index (κ1) is 8.00. The lowest BCUT2D eigenvalue weighted by atomic mass is 9.72. The first-order chi connectivity index (χ1) is 3.71. The van der Waals surface area contributed by atoms with E-state index in [2.05, 4.69) is 13.8 Å². The van der Waals surface area contributed by atoms with Crippen LogP contribution in [0, 0.1) is 5.41 Å². The van der Waals surface area contributed by atoms with E-state index in [1.807, 2.05) is 13.8 Å². The lowest BCUT2D eigenvalue weighted by Crippen LogP contribution is -2.20. The summed E-state index contributed by atoms with van der Waals surface area (Å²) in [5.41, 5.74) is 0.722. The molecule has 0 atom stereocenters. The molecule has 0 bridgehead atoms. The summed E-state index contributed by atoms with van der Waals surface area (Å²) in [6.45, 7) is 8.66. The van der Waals surface area contributed by atoms with Crippen LogP contribution >= 0.6 is 0 Å². The van der Waals surface area contributed by atoms with Gasteiger partial charge in [0.2, 0.25) is 0 Å². The van der Waals surface area contributed by atoms with Crippen molar-refractivity contribution in [1.82, 2.24) is 0 Å². The number of hydrogen-bond acceptors (Lipinski definition) is 0. The Hall–Kier alpha value is 0. The standard InChI is InChI=1S/C6H12.C2H6/c1-6(2)4-3-5-6;1-2/h3-5H2,1-2H3;1-2H3. The van der Waals surface area contributed by atoms with Crippen molar-refractivity contribution in [2.75, 3.05) is 0 Å². The molecule has 1 saturated carbocycles. The second-order valence-corrected chi connectivity index (χ2v) is 3.02. The van der Waals surface area contributed by atoms with Crippen LogP contribution in [0.15, 0.2) is 0 Å². The van der Waals surface area contributed by atoms with E-state index in [0.29, 0.717) is 0 Å². The minimum Gasteiger partial charge on any atom is -0.0683 e. The lowest BCUT2D eigenvalue weighted by Gasteiger charge is -2.33. The molecule has 50 valence electrons. The van der Waals surface area contributed by atoms with Gasteiger partial charge in [0.05, 0.1) is 0 Å². The van der Waals surface area contributed by atoms with E-state index in [1.165, 1.54) is 19.3 Å². The zero-order chi connectivity index (χ0) is 6.62. The second kappa shape index (κ2) is 3.11. The van der Waals surface area contributed by atoms with Crippen molar-refractivity contribution >= 4 is 0 Å². The van der Waals surface area contributed by atoms with E-state index < -0.39 is 0 Å². The molecule has 0 aromatic rings. The van der Waals surface area contributed by atoms with Gasteiger partial charge in [0.25, 0.3) is 0 Å². The second-order valence-electron chi connectivity index (χ2n) is 3.02. The van der Waals surface area contributed by atoms with Gasteiger partial charge in [-0.05, 0) is 18.3 Å². The molecule has 0 nitrogen and oxygen atoms in total. The van der Waals surface area contributed by atoms with E-state index in [4.69, 9.17) is 0 Å². The highest BCUT2D eigenvalue weighted by atomic mass is 14.3. The van der Waals surface area contributed by atoms with E-state index in [1.54, 1.807) is 0 Å². The van der Waals surface area contributed by atoms with Gasteiger partial charge in [-0.25, -0.2) is 0 Å². The molecular weight excluding hydrogens is 96.1 g/mol. The normalized spacial score (nSPS) is 22.5. The van der Waals surface area contributed by atoms with Crippen molar-refractivity contribution in [1.29, 1.82) is 0 Å². The molecule has 0 saturated heterocycles. The maximum absolute atomic E-state index is 2.33. The molecule has 1 aliphatic rings. The maximum Gasteiger partial charge on any atom is -0.0354 e. The van der Waals surface area contributed by atoms with Gasteiger partial charge in [0.1, 0.15) is 0 Å². The molecule has 1 rings (SSSR count). The average Bonchev–Trinajstić information content (AvgIpc) is 1.69.